The van der Waals surface area contributed by atoms with Gasteiger partial charge in [-0.15, -0.1) is 0 Å². The standard InChI is InChI=1S/C18H23N5O3/c1-3-4-5-8-23-16(24)14-15(20(2)18(23)25)19-17-21(9-10-22(14)17)12-13-7-6-11-26-13/h6-7,11H,3-5,8-10,12H2,1-2H3. The Morgan fingerprint density at radius 1 is 1.23 bits per heavy atom. The van der Waals surface area contributed by atoms with Crippen molar-refractivity contribution in [3.8, 4) is 0 Å². The molecule has 0 N–H and O–H groups in total. The minimum atomic E-state index is -0.298. The Kier molecular flexibility index (Phi) is 4.18. The Balaban J connectivity index is 1.79. The van der Waals surface area contributed by atoms with Gasteiger partial charge in [0.25, 0.3) is 5.56 Å². The summed E-state index contributed by atoms with van der Waals surface area (Å²) in [6.07, 6.45) is 4.51. The van der Waals surface area contributed by atoms with E-state index in [-0.39, 0.29) is 11.2 Å². The fourth-order valence-electron chi connectivity index (χ4n) is 3.59. The van der Waals surface area contributed by atoms with Crippen molar-refractivity contribution in [2.75, 3.05) is 11.4 Å². The highest BCUT2D eigenvalue weighted by Crippen LogP contribution is 2.26. The molecule has 3 aromatic rings. The molecule has 4 heterocycles. The molecule has 0 aliphatic carbocycles. The van der Waals surface area contributed by atoms with E-state index >= 15 is 0 Å². The van der Waals surface area contributed by atoms with Crippen LogP contribution in [-0.4, -0.2) is 25.2 Å². The number of nitrogens with zero attached hydrogens (tertiary/aromatic N) is 5. The average Bonchev–Trinajstić information content (AvgIpc) is 3.34. The molecule has 0 fully saturated rings. The minimum absolute atomic E-state index is 0.238. The molecule has 0 saturated carbocycles. The maximum atomic E-state index is 13.0. The van der Waals surface area contributed by atoms with E-state index in [1.54, 1.807) is 13.3 Å². The fourth-order valence-corrected chi connectivity index (χ4v) is 3.59. The number of rotatable bonds is 6. The lowest BCUT2D eigenvalue weighted by Gasteiger charge is -2.13. The molecule has 0 radical (unpaired) electrons. The van der Waals surface area contributed by atoms with Gasteiger partial charge in [-0.2, -0.15) is 4.98 Å². The number of fused-ring (bicyclic) bond motifs is 3. The lowest BCUT2D eigenvalue weighted by atomic mass is 10.2. The van der Waals surface area contributed by atoms with E-state index in [1.807, 2.05) is 16.7 Å². The second kappa shape index (κ2) is 6.51. The first-order valence-corrected chi connectivity index (χ1v) is 9.09. The highest BCUT2D eigenvalue weighted by molar-refractivity contribution is 5.75. The van der Waals surface area contributed by atoms with Crippen molar-refractivity contribution in [2.45, 2.75) is 45.8 Å². The molecule has 4 rings (SSSR count). The summed E-state index contributed by atoms with van der Waals surface area (Å²) in [7, 11) is 1.68. The molecule has 0 saturated heterocycles. The summed E-state index contributed by atoms with van der Waals surface area (Å²) in [5, 5.41) is 0. The van der Waals surface area contributed by atoms with Gasteiger partial charge >= 0.3 is 5.69 Å². The van der Waals surface area contributed by atoms with Gasteiger partial charge in [0.2, 0.25) is 5.95 Å². The molecule has 138 valence electrons. The zero-order valence-electron chi connectivity index (χ0n) is 15.1. The van der Waals surface area contributed by atoms with Crippen molar-refractivity contribution in [3.05, 3.63) is 45.0 Å². The average molecular weight is 357 g/mol. The number of hydrogen-bond acceptors (Lipinski definition) is 5. The second-order valence-electron chi connectivity index (χ2n) is 6.74. The Hall–Kier alpha value is -2.77. The SMILES string of the molecule is CCCCCn1c(=O)c2c(nc3n2CCN3Cc2ccco2)n(C)c1=O. The number of furan rings is 1. The largest absolute Gasteiger partial charge is 0.467 e. The van der Waals surface area contributed by atoms with Gasteiger partial charge in [-0.1, -0.05) is 19.8 Å². The van der Waals surface area contributed by atoms with Crippen LogP contribution in [0.15, 0.2) is 32.4 Å². The van der Waals surface area contributed by atoms with Crippen molar-refractivity contribution >= 4 is 17.1 Å². The molecule has 0 aromatic carbocycles. The van der Waals surface area contributed by atoms with Crippen LogP contribution in [0, 0.1) is 0 Å². The van der Waals surface area contributed by atoms with E-state index in [9.17, 15) is 9.59 Å². The Morgan fingerprint density at radius 2 is 2.08 bits per heavy atom. The van der Waals surface area contributed by atoms with Crippen LogP contribution in [0.3, 0.4) is 0 Å². The van der Waals surface area contributed by atoms with Crippen LogP contribution in [0.25, 0.3) is 11.2 Å². The predicted octanol–water partition coefficient (Wildman–Crippen LogP) is 1.70. The van der Waals surface area contributed by atoms with E-state index in [0.717, 1.165) is 37.5 Å². The fraction of sp³-hybridized carbons (Fsp3) is 0.500. The molecule has 1 aliphatic heterocycles. The maximum Gasteiger partial charge on any atom is 0.332 e. The number of aromatic nitrogens is 4. The van der Waals surface area contributed by atoms with E-state index in [1.165, 1.54) is 9.13 Å². The molecule has 8 heteroatoms. The Labute approximate surface area is 150 Å². The number of hydrogen-bond donors (Lipinski definition) is 0. The van der Waals surface area contributed by atoms with Gasteiger partial charge in [0.15, 0.2) is 11.2 Å². The summed E-state index contributed by atoms with van der Waals surface area (Å²) in [4.78, 5) is 32.3. The van der Waals surface area contributed by atoms with E-state index in [0.29, 0.717) is 30.8 Å². The smallest absolute Gasteiger partial charge is 0.332 e. The molecule has 0 spiro atoms. The van der Waals surface area contributed by atoms with Crippen molar-refractivity contribution in [3.63, 3.8) is 0 Å². The van der Waals surface area contributed by atoms with Crippen molar-refractivity contribution in [1.82, 2.24) is 18.7 Å². The number of unbranched alkanes of at least 4 members (excludes halogenated alkanes) is 2. The topological polar surface area (TPSA) is 78.2 Å². The molecule has 0 unspecified atom stereocenters. The van der Waals surface area contributed by atoms with Gasteiger partial charge in [-0.05, 0) is 18.6 Å². The zero-order valence-corrected chi connectivity index (χ0v) is 15.1. The zero-order chi connectivity index (χ0) is 18.3. The van der Waals surface area contributed by atoms with Crippen LogP contribution < -0.4 is 16.1 Å². The minimum Gasteiger partial charge on any atom is -0.467 e. The molecule has 1 aliphatic rings. The number of aryl methyl sites for hydroxylation is 1. The number of imidazole rings is 1. The van der Waals surface area contributed by atoms with Crippen molar-refractivity contribution in [2.24, 2.45) is 7.05 Å². The monoisotopic (exact) mass is 357 g/mol. The van der Waals surface area contributed by atoms with Crippen LogP contribution in [0.2, 0.25) is 0 Å². The number of anilines is 1. The summed E-state index contributed by atoms with van der Waals surface area (Å²) >= 11 is 0. The highest BCUT2D eigenvalue weighted by atomic mass is 16.3. The van der Waals surface area contributed by atoms with Gasteiger partial charge in [-0.25, -0.2) is 4.79 Å². The van der Waals surface area contributed by atoms with Crippen LogP contribution in [0.1, 0.15) is 31.9 Å². The Morgan fingerprint density at radius 3 is 2.81 bits per heavy atom. The van der Waals surface area contributed by atoms with Crippen LogP contribution in [0.4, 0.5) is 5.95 Å². The van der Waals surface area contributed by atoms with Crippen molar-refractivity contribution < 1.29 is 4.42 Å². The van der Waals surface area contributed by atoms with Crippen LogP contribution >= 0.6 is 0 Å². The van der Waals surface area contributed by atoms with E-state index < -0.39 is 0 Å². The summed E-state index contributed by atoms with van der Waals surface area (Å²) < 4.78 is 10.2. The van der Waals surface area contributed by atoms with E-state index in [2.05, 4.69) is 16.8 Å². The normalized spacial score (nSPS) is 13.7. The van der Waals surface area contributed by atoms with Crippen molar-refractivity contribution in [1.29, 1.82) is 0 Å². The van der Waals surface area contributed by atoms with Gasteiger partial charge in [-0.3, -0.25) is 13.9 Å². The highest BCUT2D eigenvalue weighted by Gasteiger charge is 2.28. The van der Waals surface area contributed by atoms with Gasteiger partial charge in [0.1, 0.15) is 5.76 Å². The summed E-state index contributed by atoms with van der Waals surface area (Å²) in [6, 6.07) is 3.77. The Bertz CT molecular complexity index is 1040. The third-order valence-corrected chi connectivity index (χ3v) is 5.00. The summed E-state index contributed by atoms with van der Waals surface area (Å²) in [6.45, 7) is 4.58. The lowest BCUT2D eigenvalue weighted by molar-refractivity contribution is 0.504. The molecule has 3 aromatic heterocycles. The van der Waals surface area contributed by atoms with E-state index in [4.69, 9.17) is 4.42 Å². The second-order valence-corrected chi connectivity index (χ2v) is 6.74. The third kappa shape index (κ3) is 2.56. The van der Waals surface area contributed by atoms with Crippen LogP contribution in [0.5, 0.6) is 0 Å². The molecule has 8 nitrogen and oxygen atoms in total. The van der Waals surface area contributed by atoms with Gasteiger partial charge in [0, 0.05) is 26.7 Å². The first kappa shape index (κ1) is 16.7. The lowest BCUT2D eigenvalue weighted by Crippen LogP contribution is -2.39. The maximum absolute atomic E-state index is 13.0. The molecular weight excluding hydrogens is 334 g/mol. The first-order valence-electron chi connectivity index (χ1n) is 9.09. The molecule has 0 atom stereocenters. The summed E-state index contributed by atoms with van der Waals surface area (Å²) in [5.74, 6) is 1.56. The molecule has 0 bridgehead atoms. The predicted molar refractivity (Wildman–Crippen MR) is 98.5 cm³/mol. The molecule has 26 heavy (non-hydrogen) atoms. The van der Waals surface area contributed by atoms with Crippen LogP contribution in [-0.2, 0) is 26.7 Å². The molecular formula is C18H23N5O3. The molecule has 0 amide bonds. The van der Waals surface area contributed by atoms with Gasteiger partial charge in [0.05, 0.1) is 12.8 Å². The summed E-state index contributed by atoms with van der Waals surface area (Å²) in [5.41, 5.74) is 0.428. The third-order valence-electron chi connectivity index (χ3n) is 5.00. The first-order chi connectivity index (χ1) is 12.6. The van der Waals surface area contributed by atoms with Gasteiger partial charge < -0.3 is 13.9 Å². The quantitative estimate of drug-likeness (QED) is 0.628.